The number of hydrogen-bond donors (Lipinski definition) is 2. The summed E-state index contributed by atoms with van der Waals surface area (Å²) < 4.78 is 34.4. The predicted molar refractivity (Wildman–Crippen MR) is 159 cm³/mol. The van der Waals surface area contributed by atoms with E-state index in [1.807, 2.05) is 25.4 Å². The minimum atomic E-state index is -2.92. The van der Waals surface area contributed by atoms with Crippen LogP contribution in [0.15, 0.2) is 30.3 Å². The first kappa shape index (κ1) is 29.7. The Morgan fingerprint density at radius 1 is 1.07 bits per heavy atom. The van der Waals surface area contributed by atoms with Crippen molar-refractivity contribution in [3.63, 3.8) is 0 Å². The van der Waals surface area contributed by atoms with E-state index in [-0.39, 0.29) is 22.8 Å². The van der Waals surface area contributed by atoms with Gasteiger partial charge in [0.05, 0.1) is 6.61 Å². The molecule has 1 fully saturated rings. The topological polar surface area (TPSA) is 110 Å². The summed E-state index contributed by atoms with van der Waals surface area (Å²) in [5, 5.41) is 21.7. The molecular formula is C26H34N2O8P2S2. The van der Waals surface area contributed by atoms with E-state index in [0.717, 1.165) is 32.4 Å². The molecule has 2 N–H and O–H groups in total. The van der Waals surface area contributed by atoms with Crippen molar-refractivity contribution in [1.29, 1.82) is 0 Å². The van der Waals surface area contributed by atoms with Crippen LogP contribution in [0.1, 0.15) is 62.1 Å². The Labute approximate surface area is 244 Å². The summed E-state index contributed by atoms with van der Waals surface area (Å²) in [4.78, 5) is 13.2. The number of hydrogen-bond acceptors (Lipinski definition) is 10. The van der Waals surface area contributed by atoms with Crippen molar-refractivity contribution in [2.75, 3.05) is 32.8 Å². The van der Waals surface area contributed by atoms with Crippen LogP contribution in [0.2, 0.25) is 0 Å². The lowest BCUT2D eigenvalue weighted by atomic mass is 9.92. The van der Waals surface area contributed by atoms with E-state index in [2.05, 4.69) is 4.67 Å². The molecule has 0 spiro atoms. The van der Waals surface area contributed by atoms with Crippen LogP contribution in [0, 0.1) is 0 Å². The molecule has 2 aromatic rings. The third-order valence-corrected chi connectivity index (χ3v) is 13.7. The van der Waals surface area contributed by atoms with Gasteiger partial charge in [0.2, 0.25) is 5.78 Å². The number of fused-ring (bicyclic) bond motifs is 2. The van der Waals surface area contributed by atoms with E-state index < -0.39 is 31.3 Å². The molecule has 3 aliphatic rings. The number of rotatable bonds is 9. The van der Waals surface area contributed by atoms with E-state index in [1.165, 1.54) is 12.1 Å². The lowest BCUT2D eigenvalue weighted by Crippen LogP contribution is -2.36. The van der Waals surface area contributed by atoms with Gasteiger partial charge >= 0.3 is 13.3 Å². The van der Waals surface area contributed by atoms with E-state index in [4.69, 9.17) is 46.4 Å². The highest BCUT2D eigenvalue weighted by Crippen LogP contribution is 2.62. The Hall–Kier alpha value is -1.75. The van der Waals surface area contributed by atoms with Crippen LogP contribution in [-0.2, 0) is 28.1 Å². The molecular weight excluding hydrogens is 594 g/mol. The van der Waals surface area contributed by atoms with Crippen molar-refractivity contribution in [2.24, 2.45) is 0 Å². The number of nitrogens with zero attached hydrogens (tertiary/aromatic N) is 2. The summed E-state index contributed by atoms with van der Waals surface area (Å²) in [7, 11) is 0. The van der Waals surface area contributed by atoms with Crippen LogP contribution < -0.4 is 18.3 Å². The van der Waals surface area contributed by atoms with Crippen molar-refractivity contribution in [3.8, 4) is 28.7 Å². The average molecular weight is 629 g/mol. The van der Waals surface area contributed by atoms with Gasteiger partial charge in [-0.1, -0.05) is 26.3 Å². The largest absolute Gasteiger partial charge is 0.507 e. The zero-order valence-electron chi connectivity index (χ0n) is 22.6. The zero-order valence-corrected chi connectivity index (χ0v) is 26.1. The Bertz CT molecular complexity index is 1380. The van der Waals surface area contributed by atoms with Crippen molar-refractivity contribution >= 4 is 42.7 Å². The summed E-state index contributed by atoms with van der Waals surface area (Å²) in [5.74, 6) is 0.220. The summed E-state index contributed by atoms with van der Waals surface area (Å²) in [6.07, 6.45) is 0.634. The van der Waals surface area contributed by atoms with E-state index >= 15 is 0 Å². The van der Waals surface area contributed by atoms with E-state index in [0.29, 0.717) is 36.8 Å². The third-order valence-electron chi connectivity index (χ3n) is 7.10. The zero-order chi connectivity index (χ0) is 28.7. The number of aliphatic hydroxyl groups excluding tert-OH is 1. The van der Waals surface area contributed by atoms with E-state index in [1.54, 1.807) is 18.2 Å². The van der Waals surface area contributed by atoms with Gasteiger partial charge in [-0.15, -0.1) is 0 Å². The molecule has 2 aromatic carbocycles. The molecule has 0 aliphatic carbocycles. The first-order chi connectivity index (χ1) is 19.1. The van der Waals surface area contributed by atoms with Crippen LogP contribution >= 0.6 is 13.3 Å². The van der Waals surface area contributed by atoms with Crippen LogP contribution in [0.4, 0.5) is 0 Å². The molecule has 0 aromatic heterocycles. The molecule has 40 heavy (non-hydrogen) atoms. The molecule has 10 nitrogen and oxygen atoms in total. The number of carbonyl (C=O) groups excluding carboxylic acids is 1. The Kier molecular flexibility index (Phi) is 8.81. The maximum atomic E-state index is 13.2. The number of carbonyl (C=O) groups is 1. The summed E-state index contributed by atoms with van der Waals surface area (Å²) in [6.45, 7) is 3.37. The molecule has 0 amide bonds. The quantitative estimate of drug-likeness (QED) is 0.341. The molecule has 0 saturated carbocycles. The van der Waals surface area contributed by atoms with Gasteiger partial charge in [0.15, 0.2) is 23.7 Å². The van der Waals surface area contributed by atoms with Crippen molar-refractivity contribution in [2.45, 2.75) is 52.2 Å². The van der Waals surface area contributed by atoms with Gasteiger partial charge < -0.3 is 33.0 Å². The average Bonchev–Trinajstić information content (AvgIpc) is 3.28. The van der Waals surface area contributed by atoms with Gasteiger partial charge in [-0.25, -0.2) is 9.34 Å². The highest BCUT2D eigenvalue weighted by Gasteiger charge is 2.42. The first-order valence-electron chi connectivity index (χ1n) is 13.5. The van der Waals surface area contributed by atoms with Gasteiger partial charge in [0.25, 0.3) is 0 Å². The predicted octanol–water partition coefficient (Wildman–Crippen LogP) is 5.53. The second-order valence-corrected chi connectivity index (χ2v) is 16.2. The molecule has 3 aliphatic heterocycles. The number of ketones is 1. The minimum Gasteiger partial charge on any atom is -0.507 e. The molecule has 1 saturated heterocycles. The number of phenols is 1. The van der Waals surface area contributed by atoms with Gasteiger partial charge in [-0.2, -0.15) is 0 Å². The fourth-order valence-corrected chi connectivity index (χ4v) is 10.9. The van der Waals surface area contributed by atoms with Crippen LogP contribution in [0.25, 0.3) is 0 Å². The number of Topliss-reactive ketones (excluding diaryl/α,β-unsaturated/α-hetero) is 1. The fraction of sp³-hybridized carbons (Fsp3) is 0.500. The van der Waals surface area contributed by atoms with Gasteiger partial charge in [0, 0.05) is 50.1 Å². The lowest BCUT2D eigenvalue weighted by molar-refractivity contribution is 0.0210. The first-order valence-corrected chi connectivity index (χ1v) is 18.6. The number of aromatic hydroxyl groups is 1. The molecule has 5 rings (SSSR count). The standard InChI is InChI=1S/C26H34N2O8P2S2/c1-4-27(5-2)37(39,32-6-3)34-18-15-19(29)23-22(16-18)33-26(25(31)24(23)30)17-10-11-20-21(14-17)36-38(40,35-20)28-12-8-7-9-13-28/h10-11,14-16,25-26,29,31H,4-9,12-13H2,1-3H3. The molecule has 0 radical (unpaired) electrons. The van der Waals surface area contributed by atoms with Gasteiger partial charge in [-0.05, 0) is 49.3 Å². The summed E-state index contributed by atoms with van der Waals surface area (Å²) in [6, 6.07) is 7.92. The Balaban J connectivity index is 1.43. The van der Waals surface area contributed by atoms with Crippen molar-refractivity contribution in [1.82, 2.24) is 9.34 Å². The van der Waals surface area contributed by atoms with Crippen LogP contribution in [-0.4, -0.2) is 64.2 Å². The van der Waals surface area contributed by atoms with Crippen molar-refractivity contribution in [3.05, 3.63) is 41.5 Å². The van der Waals surface area contributed by atoms with Crippen LogP contribution in [0.3, 0.4) is 0 Å². The number of phenolic OH excluding ortho intramolecular Hbond substituents is 1. The lowest BCUT2D eigenvalue weighted by Gasteiger charge is -2.33. The van der Waals surface area contributed by atoms with Crippen molar-refractivity contribution < 1.29 is 37.8 Å². The number of aliphatic hydroxyl groups is 1. The molecule has 4 atom stereocenters. The Morgan fingerprint density at radius 3 is 2.45 bits per heavy atom. The second-order valence-electron chi connectivity index (χ2n) is 9.65. The summed E-state index contributed by atoms with van der Waals surface area (Å²) >= 11 is 11.6. The third kappa shape index (κ3) is 5.53. The van der Waals surface area contributed by atoms with Gasteiger partial charge in [-0.3, -0.25) is 4.79 Å². The number of benzene rings is 2. The molecule has 3 heterocycles. The Morgan fingerprint density at radius 2 is 1.77 bits per heavy atom. The highest BCUT2D eigenvalue weighted by atomic mass is 32.5. The number of ether oxygens (including phenoxy) is 1. The maximum absolute atomic E-state index is 13.2. The number of piperidine rings is 1. The minimum absolute atomic E-state index is 0.0731. The molecule has 218 valence electrons. The molecule has 4 unspecified atom stereocenters. The molecule has 14 heteroatoms. The maximum Gasteiger partial charge on any atom is 0.368 e. The normalized spacial score (nSPS) is 25.8. The van der Waals surface area contributed by atoms with Gasteiger partial charge in [0.1, 0.15) is 22.8 Å². The SMILES string of the molecule is CCOP(=S)(Oc1cc(O)c2c(c1)OC(c1ccc3c(c1)OP(=S)(N1CCCCC1)O3)C(O)C2=O)N(CC)CC. The molecule has 0 bridgehead atoms. The van der Waals surface area contributed by atoms with Crippen LogP contribution in [0.5, 0.6) is 28.7 Å². The second kappa shape index (κ2) is 11.9. The fourth-order valence-electron chi connectivity index (χ4n) is 5.09. The summed E-state index contributed by atoms with van der Waals surface area (Å²) in [5.41, 5.74) is 0.384. The highest BCUT2D eigenvalue weighted by molar-refractivity contribution is 8.09. The van der Waals surface area contributed by atoms with E-state index in [9.17, 15) is 15.0 Å². The monoisotopic (exact) mass is 628 g/mol. The smallest absolute Gasteiger partial charge is 0.368 e.